The van der Waals surface area contributed by atoms with Gasteiger partial charge in [-0.1, -0.05) is 24.3 Å². The molecule has 3 fully saturated rings. The Kier molecular flexibility index (Phi) is 2.42. The molecule has 0 bridgehead atoms. The zero-order chi connectivity index (χ0) is 18.8. The van der Waals surface area contributed by atoms with Crippen LogP contribution in [0.15, 0.2) is 35.6 Å². The molecule has 138 valence electrons. The average molecular weight is 364 g/mol. The minimum Gasteiger partial charge on any atom is -0.481 e. The van der Waals surface area contributed by atoms with E-state index in [-0.39, 0.29) is 29.0 Å². The molecule has 0 unspecified atom stereocenters. The van der Waals surface area contributed by atoms with Crippen molar-refractivity contribution in [2.24, 2.45) is 16.2 Å². The van der Waals surface area contributed by atoms with Gasteiger partial charge >= 0.3 is 5.97 Å². The van der Waals surface area contributed by atoms with Crippen LogP contribution in [0.5, 0.6) is 0 Å². The highest BCUT2D eigenvalue weighted by atomic mass is 16.5. The third kappa shape index (κ3) is 1.18. The molecule has 1 heterocycles. The lowest BCUT2D eigenvalue weighted by Crippen LogP contribution is -2.81. The fourth-order valence-corrected chi connectivity index (χ4v) is 7.09. The van der Waals surface area contributed by atoms with Crippen molar-refractivity contribution in [2.75, 3.05) is 6.61 Å². The minimum atomic E-state index is -1.26. The lowest BCUT2D eigenvalue weighted by Gasteiger charge is -2.67. The summed E-state index contributed by atoms with van der Waals surface area (Å²) in [5.74, 6) is -0.392. The molecule has 0 saturated heterocycles. The first kappa shape index (κ1) is 15.6. The molecule has 3 saturated carbocycles. The fraction of sp³-hybridized carbons (Fsp3) is 0.500. The SMILES string of the molecule is CCOC(=O)C1=C(C)O[C@@]23C(=O)c4ccccc4C(=O)[C@@]12C1(CC1)C31CC1. The number of allylic oxidation sites excluding steroid dienone is 1. The van der Waals surface area contributed by atoms with Crippen molar-refractivity contribution in [2.45, 2.75) is 45.1 Å². The van der Waals surface area contributed by atoms with Crippen LogP contribution in [0.2, 0.25) is 0 Å². The number of esters is 1. The van der Waals surface area contributed by atoms with Crippen molar-refractivity contribution in [1.82, 2.24) is 0 Å². The quantitative estimate of drug-likeness (QED) is 0.754. The van der Waals surface area contributed by atoms with Crippen LogP contribution in [-0.2, 0) is 14.3 Å². The standard InChI is InChI=1S/C22H20O5/c1-3-26-18(25)15-12(2)27-22-17(24)14-7-5-4-6-13(14)16(23)21(15,22)19(8-9-19)20(22)10-11-20/h4-7H,3,8-11H2,1-2H3/t21-,22-/m1/s1. The van der Waals surface area contributed by atoms with E-state index < -0.39 is 17.0 Å². The molecule has 5 nitrogen and oxygen atoms in total. The topological polar surface area (TPSA) is 69.7 Å². The minimum absolute atomic E-state index is 0.132. The van der Waals surface area contributed by atoms with Crippen LogP contribution in [0.4, 0.5) is 0 Å². The molecule has 1 aromatic carbocycles. The number of hydrogen-bond donors (Lipinski definition) is 0. The molecule has 0 N–H and O–H groups in total. The van der Waals surface area contributed by atoms with Crippen LogP contribution < -0.4 is 0 Å². The predicted octanol–water partition coefficient (Wildman–Crippen LogP) is 3.23. The number of ketones is 2. The van der Waals surface area contributed by atoms with Crippen molar-refractivity contribution in [1.29, 1.82) is 0 Å². The van der Waals surface area contributed by atoms with Gasteiger partial charge in [0.1, 0.15) is 11.2 Å². The molecule has 6 rings (SSSR count). The Bertz CT molecular complexity index is 1010. The van der Waals surface area contributed by atoms with E-state index in [0.29, 0.717) is 22.5 Å². The lowest BCUT2D eigenvalue weighted by molar-refractivity contribution is -0.211. The van der Waals surface area contributed by atoms with Gasteiger partial charge in [-0.3, -0.25) is 9.59 Å². The van der Waals surface area contributed by atoms with E-state index in [0.717, 1.165) is 25.7 Å². The Morgan fingerprint density at radius 3 is 2.19 bits per heavy atom. The fourth-order valence-electron chi connectivity index (χ4n) is 7.09. The van der Waals surface area contributed by atoms with Crippen molar-refractivity contribution < 1.29 is 23.9 Å². The summed E-state index contributed by atoms with van der Waals surface area (Å²) in [4.78, 5) is 40.8. The number of rotatable bonds is 2. The largest absolute Gasteiger partial charge is 0.481 e. The molecule has 5 heteroatoms. The zero-order valence-electron chi connectivity index (χ0n) is 15.4. The van der Waals surface area contributed by atoms with Gasteiger partial charge in [0.05, 0.1) is 12.2 Å². The van der Waals surface area contributed by atoms with Gasteiger partial charge in [0, 0.05) is 22.0 Å². The summed E-state index contributed by atoms with van der Waals surface area (Å²) in [7, 11) is 0. The first-order valence-electron chi connectivity index (χ1n) is 9.71. The van der Waals surface area contributed by atoms with E-state index in [9.17, 15) is 14.4 Å². The number of benzene rings is 1. The maximum Gasteiger partial charge on any atom is 0.338 e. The summed E-state index contributed by atoms with van der Waals surface area (Å²) < 4.78 is 11.7. The Morgan fingerprint density at radius 2 is 1.63 bits per heavy atom. The van der Waals surface area contributed by atoms with E-state index in [2.05, 4.69) is 0 Å². The van der Waals surface area contributed by atoms with Crippen molar-refractivity contribution in [3.63, 3.8) is 0 Å². The van der Waals surface area contributed by atoms with Crippen LogP contribution >= 0.6 is 0 Å². The molecule has 2 atom stereocenters. The summed E-state index contributed by atoms with van der Waals surface area (Å²) in [6.45, 7) is 3.67. The molecule has 0 radical (unpaired) electrons. The van der Waals surface area contributed by atoms with Gasteiger partial charge < -0.3 is 9.47 Å². The highest BCUT2D eigenvalue weighted by molar-refractivity contribution is 6.27. The number of ether oxygens (including phenoxy) is 2. The predicted molar refractivity (Wildman–Crippen MR) is 94.0 cm³/mol. The van der Waals surface area contributed by atoms with Crippen molar-refractivity contribution in [3.05, 3.63) is 46.7 Å². The molecule has 27 heavy (non-hydrogen) atoms. The Labute approximate surface area is 156 Å². The molecule has 1 aliphatic heterocycles. The second-order valence-electron chi connectivity index (χ2n) is 8.55. The number of Topliss-reactive ketones (excluding diaryl/α,β-unsaturated/α-hetero) is 2. The van der Waals surface area contributed by atoms with Crippen molar-refractivity contribution in [3.8, 4) is 0 Å². The van der Waals surface area contributed by atoms with Gasteiger partial charge in [-0.05, 0) is 39.5 Å². The van der Waals surface area contributed by atoms with Gasteiger partial charge in [0.25, 0.3) is 0 Å². The smallest absolute Gasteiger partial charge is 0.338 e. The summed E-state index contributed by atoms with van der Waals surface area (Å²) >= 11 is 0. The highest BCUT2D eigenvalue weighted by Gasteiger charge is 3.03. The van der Waals surface area contributed by atoms with E-state index in [4.69, 9.17) is 9.47 Å². The van der Waals surface area contributed by atoms with E-state index >= 15 is 0 Å². The number of carbonyl (C=O) groups excluding carboxylic acids is 3. The second-order valence-corrected chi connectivity index (χ2v) is 8.55. The van der Waals surface area contributed by atoms with E-state index in [1.165, 1.54) is 0 Å². The lowest BCUT2D eigenvalue weighted by atomic mass is 9.32. The molecule has 1 aromatic rings. The monoisotopic (exact) mass is 364 g/mol. The third-order valence-electron chi connectivity index (χ3n) is 7.93. The van der Waals surface area contributed by atoms with Gasteiger partial charge in [0.2, 0.25) is 5.78 Å². The highest BCUT2D eigenvalue weighted by Crippen LogP contribution is 2.97. The molecular weight excluding hydrogens is 344 g/mol. The Morgan fingerprint density at radius 1 is 1.04 bits per heavy atom. The maximum absolute atomic E-state index is 14.0. The average Bonchev–Trinajstić information content (AvgIpc) is 3.55. The van der Waals surface area contributed by atoms with Crippen LogP contribution in [-0.4, -0.2) is 29.7 Å². The molecule has 2 spiro atoms. The van der Waals surface area contributed by atoms with Gasteiger partial charge in [0.15, 0.2) is 11.4 Å². The zero-order valence-corrected chi connectivity index (χ0v) is 15.4. The number of fused-ring (bicyclic) bond motifs is 2. The normalized spacial score (nSPS) is 35.2. The van der Waals surface area contributed by atoms with E-state index in [1.807, 2.05) is 0 Å². The first-order chi connectivity index (χ1) is 12.9. The molecule has 5 aliphatic rings. The summed E-state index contributed by atoms with van der Waals surface area (Å²) in [5, 5.41) is 0. The van der Waals surface area contributed by atoms with E-state index in [1.54, 1.807) is 38.1 Å². The second kappa shape index (κ2) is 4.18. The Hall–Kier alpha value is -2.43. The van der Waals surface area contributed by atoms with Crippen LogP contribution in [0.3, 0.4) is 0 Å². The molecule has 0 amide bonds. The maximum atomic E-state index is 14.0. The summed E-state index contributed by atoms with van der Waals surface area (Å²) in [5.41, 5.74) is -1.97. The summed E-state index contributed by atoms with van der Waals surface area (Å²) in [6, 6.07) is 6.97. The Balaban J connectivity index is 1.70. The van der Waals surface area contributed by atoms with Crippen molar-refractivity contribution >= 4 is 17.5 Å². The van der Waals surface area contributed by atoms with Crippen LogP contribution in [0.1, 0.15) is 60.2 Å². The summed E-state index contributed by atoms with van der Waals surface area (Å²) in [6.07, 6.45) is 3.46. The molecule has 4 aliphatic carbocycles. The van der Waals surface area contributed by atoms with Gasteiger partial charge in [-0.2, -0.15) is 0 Å². The molecular formula is C22H20O5. The number of carbonyl (C=O) groups is 3. The van der Waals surface area contributed by atoms with Crippen LogP contribution in [0.25, 0.3) is 0 Å². The van der Waals surface area contributed by atoms with Crippen LogP contribution in [0, 0.1) is 16.2 Å². The van der Waals surface area contributed by atoms with Gasteiger partial charge in [-0.15, -0.1) is 0 Å². The first-order valence-corrected chi connectivity index (χ1v) is 9.71. The third-order valence-corrected chi connectivity index (χ3v) is 7.93. The van der Waals surface area contributed by atoms with Gasteiger partial charge in [-0.25, -0.2) is 4.79 Å². The molecule has 0 aromatic heterocycles. The number of hydrogen-bond acceptors (Lipinski definition) is 5.